The average Bonchev–Trinajstić information content (AvgIpc) is 3.25. The fourth-order valence-corrected chi connectivity index (χ4v) is 7.20. The highest BCUT2D eigenvalue weighted by molar-refractivity contribution is 7.45. The van der Waals surface area contributed by atoms with Gasteiger partial charge < -0.3 is 28.8 Å². The van der Waals surface area contributed by atoms with Crippen LogP contribution in [0.5, 0.6) is 0 Å². The van der Waals surface area contributed by atoms with Gasteiger partial charge >= 0.3 is 0 Å². The Morgan fingerprint density at radius 2 is 0.969 bits per heavy atom. The van der Waals surface area contributed by atoms with Crippen molar-refractivity contribution in [3.63, 3.8) is 0 Å². The molecule has 3 unspecified atom stereocenters. The largest absolute Gasteiger partial charge is 0.756 e. The number of phosphoric acid groups is 1. The van der Waals surface area contributed by atoms with E-state index in [4.69, 9.17) is 9.05 Å². The van der Waals surface area contributed by atoms with Gasteiger partial charge in [-0.05, 0) is 96.3 Å². The molecule has 0 aliphatic heterocycles. The summed E-state index contributed by atoms with van der Waals surface area (Å²) in [5.74, 6) is -0.223. The first-order valence-electron chi connectivity index (χ1n) is 25.2. The van der Waals surface area contributed by atoms with Gasteiger partial charge in [-0.25, -0.2) is 0 Å². The predicted molar refractivity (Wildman–Crippen MR) is 274 cm³/mol. The molecule has 0 aliphatic carbocycles. The molecule has 0 aliphatic rings. The van der Waals surface area contributed by atoms with Gasteiger partial charge in [0, 0.05) is 6.42 Å². The third kappa shape index (κ3) is 47.1. The molecule has 3 atom stereocenters. The lowest BCUT2D eigenvalue weighted by Gasteiger charge is -2.29. The first-order valence-corrected chi connectivity index (χ1v) is 26.7. The Balaban J connectivity index is 4.27. The van der Waals surface area contributed by atoms with E-state index in [0.29, 0.717) is 17.4 Å². The minimum Gasteiger partial charge on any atom is -0.756 e. The highest BCUT2D eigenvalue weighted by atomic mass is 31.2. The van der Waals surface area contributed by atoms with E-state index < -0.39 is 26.6 Å². The summed E-state index contributed by atoms with van der Waals surface area (Å²) in [4.78, 5) is 25.4. The Morgan fingerprint density at radius 1 is 0.562 bits per heavy atom. The summed E-state index contributed by atoms with van der Waals surface area (Å²) in [6.45, 7) is 4.44. The van der Waals surface area contributed by atoms with Crippen LogP contribution in [0.25, 0.3) is 0 Å². The maximum atomic E-state index is 12.9. The van der Waals surface area contributed by atoms with E-state index in [1.807, 2.05) is 27.2 Å². The summed E-state index contributed by atoms with van der Waals surface area (Å²) < 4.78 is 23.2. The molecule has 1 amide bonds. The molecule has 64 heavy (non-hydrogen) atoms. The Bertz CT molecular complexity index is 1400. The summed E-state index contributed by atoms with van der Waals surface area (Å²) in [5.41, 5.74) is 0. The van der Waals surface area contributed by atoms with E-state index in [2.05, 4.69) is 116 Å². The number of aliphatic hydroxyl groups is 1. The fourth-order valence-electron chi connectivity index (χ4n) is 6.48. The minimum atomic E-state index is -4.61. The molecule has 0 aromatic rings. The SMILES string of the molecule is CC/C=C\C/C=C\C/C=C\C/C=C\C/C=C\C/C=C\CCCCCCCCCCCCC(=O)NC(COP(=O)([O-])OCC[N+](C)(C)C)C(O)/C=C/CC/C=C/CC/C=C/CCCCC. The van der Waals surface area contributed by atoms with Crippen LogP contribution in [-0.4, -0.2) is 68.5 Å². The summed E-state index contributed by atoms with van der Waals surface area (Å²) in [6, 6.07) is -0.918. The molecule has 0 saturated heterocycles. The van der Waals surface area contributed by atoms with Crippen molar-refractivity contribution in [2.45, 2.75) is 193 Å². The van der Waals surface area contributed by atoms with Crippen molar-refractivity contribution in [1.82, 2.24) is 5.32 Å². The van der Waals surface area contributed by atoms with E-state index in [1.54, 1.807) is 6.08 Å². The van der Waals surface area contributed by atoms with E-state index in [-0.39, 0.29) is 12.5 Å². The maximum absolute atomic E-state index is 12.9. The first kappa shape index (κ1) is 61.2. The molecule has 8 nitrogen and oxygen atoms in total. The number of allylic oxidation sites excluding steroid dienone is 17. The number of rotatable bonds is 44. The average molecular weight is 911 g/mol. The second-order valence-corrected chi connectivity index (χ2v) is 19.2. The highest BCUT2D eigenvalue weighted by Gasteiger charge is 2.23. The molecule has 0 fully saturated rings. The van der Waals surface area contributed by atoms with Crippen LogP contribution >= 0.6 is 7.82 Å². The number of carbonyl (C=O) groups excluding carboxylic acids is 1. The molecular formula is C55H95N2O6P. The van der Waals surface area contributed by atoms with Crippen molar-refractivity contribution in [2.24, 2.45) is 0 Å². The zero-order valence-electron chi connectivity index (χ0n) is 41.4. The van der Waals surface area contributed by atoms with E-state index in [0.717, 1.165) is 96.3 Å². The van der Waals surface area contributed by atoms with Crippen LogP contribution in [0.15, 0.2) is 109 Å². The summed E-state index contributed by atoms with van der Waals surface area (Å²) in [7, 11) is 1.21. The van der Waals surface area contributed by atoms with Gasteiger partial charge in [0.25, 0.3) is 7.82 Å². The van der Waals surface area contributed by atoms with Crippen LogP contribution < -0.4 is 10.2 Å². The number of quaternary nitrogens is 1. The zero-order valence-corrected chi connectivity index (χ0v) is 42.3. The molecule has 0 aromatic heterocycles. The predicted octanol–water partition coefficient (Wildman–Crippen LogP) is 14.2. The van der Waals surface area contributed by atoms with Crippen LogP contribution in [-0.2, 0) is 18.4 Å². The molecular weight excluding hydrogens is 816 g/mol. The van der Waals surface area contributed by atoms with Gasteiger partial charge in [-0.2, -0.15) is 0 Å². The summed E-state index contributed by atoms with van der Waals surface area (Å²) >= 11 is 0. The lowest BCUT2D eigenvalue weighted by molar-refractivity contribution is -0.870. The molecule has 2 N–H and O–H groups in total. The van der Waals surface area contributed by atoms with Gasteiger partial charge in [-0.15, -0.1) is 0 Å². The lowest BCUT2D eigenvalue weighted by Crippen LogP contribution is -2.45. The Hall–Kier alpha value is -2.84. The van der Waals surface area contributed by atoms with Crippen molar-refractivity contribution in [2.75, 3.05) is 40.9 Å². The first-order chi connectivity index (χ1) is 31.0. The van der Waals surface area contributed by atoms with Gasteiger partial charge in [0.2, 0.25) is 5.91 Å². The molecule has 9 heteroatoms. The maximum Gasteiger partial charge on any atom is 0.268 e. The van der Waals surface area contributed by atoms with E-state index >= 15 is 0 Å². The zero-order chi connectivity index (χ0) is 47.1. The standard InChI is InChI=1S/C55H95N2O6P/c1-6-8-10-12-14-16-18-20-21-22-23-24-25-26-27-28-29-30-31-32-33-34-35-37-39-41-43-45-47-49-55(59)56-53(52-63-64(60,61)62-51-50-57(3,4)5)54(58)48-46-44-42-40-38-36-19-17-15-13-11-9-7-2/h8,10,14-17,20-21,23-24,26-27,29-30,38,40,46,48,53-54,58H,6-7,9,11-13,18-19,22,25,28,31-37,39,41-45,47,49-52H2,1-5H3,(H-,56,59,60,61)/b10-8-,16-14-,17-15+,21-20-,24-23-,27-26-,30-29-,40-38+,48-46+. The monoisotopic (exact) mass is 911 g/mol. The number of phosphoric ester groups is 1. The van der Waals surface area contributed by atoms with Crippen molar-refractivity contribution in [1.29, 1.82) is 0 Å². The number of carbonyl (C=O) groups is 1. The molecule has 0 spiro atoms. The number of nitrogens with one attached hydrogen (secondary N) is 1. The second-order valence-electron chi connectivity index (χ2n) is 17.8. The van der Waals surface area contributed by atoms with Crippen LogP contribution in [0.1, 0.15) is 181 Å². The lowest BCUT2D eigenvalue weighted by atomic mass is 10.0. The van der Waals surface area contributed by atoms with Crippen molar-refractivity contribution < 1.29 is 32.9 Å². The molecule has 0 saturated carbocycles. The van der Waals surface area contributed by atoms with Gasteiger partial charge in [-0.1, -0.05) is 187 Å². The summed E-state index contributed by atoms with van der Waals surface area (Å²) in [5, 5.41) is 13.8. The number of hydrogen-bond acceptors (Lipinski definition) is 6. The Labute approximate surface area is 393 Å². The molecule has 0 rings (SSSR count). The van der Waals surface area contributed by atoms with Crippen molar-refractivity contribution in [3.8, 4) is 0 Å². The number of aliphatic hydroxyl groups excluding tert-OH is 1. The molecule has 0 radical (unpaired) electrons. The number of amides is 1. The fraction of sp³-hybridized carbons (Fsp3) is 0.655. The summed E-state index contributed by atoms with van der Waals surface area (Å²) in [6.07, 6.45) is 65.8. The molecule has 0 bridgehead atoms. The molecule has 0 heterocycles. The Kier molecular flexibility index (Phi) is 43.3. The highest BCUT2D eigenvalue weighted by Crippen LogP contribution is 2.38. The van der Waals surface area contributed by atoms with Crippen LogP contribution in [0.3, 0.4) is 0 Å². The number of nitrogens with zero attached hydrogens (tertiary/aromatic N) is 1. The molecule has 366 valence electrons. The van der Waals surface area contributed by atoms with Crippen LogP contribution in [0.4, 0.5) is 0 Å². The van der Waals surface area contributed by atoms with E-state index in [1.165, 1.54) is 64.2 Å². The van der Waals surface area contributed by atoms with Gasteiger partial charge in [0.05, 0.1) is 39.9 Å². The van der Waals surface area contributed by atoms with Crippen molar-refractivity contribution in [3.05, 3.63) is 109 Å². The number of hydrogen-bond donors (Lipinski definition) is 2. The van der Waals surface area contributed by atoms with Crippen LogP contribution in [0.2, 0.25) is 0 Å². The Morgan fingerprint density at radius 3 is 1.45 bits per heavy atom. The smallest absolute Gasteiger partial charge is 0.268 e. The normalized spacial score (nSPS) is 15.0. The van der Waals surface area contributed by atoms with E-state index in [9.17, 15) is 19.4 Å². The third-order valence-electron chi connectivity index (χ3n) is 10.4. The molecule has 0 aromatic carbocycles. The van der Waals surface area contributed by atoms with Gasteiger partial charge in [0.15, 0.2) is 0 Å². The second kappa shape index (κ2) is 45.3. The van der Waals surface area contributed by atoms with Gasteiger partial charge in [-0.3, -0.25) is 9.36 Å². The quantitative estimate of drug-likeness (QED) is 0.0273. The number of likely N-dealkylation sites (N-methyl/N-ethyl adjacent to an activating group) is 1. The number of unbranched alkanes of at least 4 members (excludes halogenated alkanes) is 15. The third-order valence-corrected chi connectivity index (χ3v) is 11.4. The van der Waals surface area contributed by atoms with Gasteiger partial charge in [0.1, 0.15) is 13.2 Å². The minimum absolute atomic E-state index is 0.0156. The van der Waals surface area contributed by atoms with Crippen LogP contribution in [0, 0.1) is 0 Å². The van der Waals surface area contributed by atoms with Crippen molar-refractivity contribution >= 4 is 13.7 Å². The topological polar surface area (TPSA) is 108 Å².